The lowest BCUT2D eigenvalue weighted by molar-refractivity contribution is 1.20. The first-order valence-electron chi connectivity index (χ1n) is 3.91. The molecule has 0 aliphatic heterocycles. The lowest BCUT2D eigenvalue weighted by Crippen LogP contribution is -2.00. The number of thiophene rings is 1. The topological polar surface area (TPSA) is 77.8 Å². The Labute approximate surface area is 99.9 Å². The molecule has 0 aromatic carbocycles. The Balaban J connectivity index is 2.59. The molecule has 2 rings (SSSR count). The van der Waals surface area contributed by atoms with Crippen LogP contribution in [0.1, 0.15) is 0 Å². The summed E-state index contributed by atoms with van der Waals surface area (Å²) in [4.78, 5) is 7.70. The molecule has 4 N–H and O–H groups in total. The van der Waals surface area contributed by atoms with E-state index in [2.05, 4.69) is 9.97 Å². The molecule has 0 unspecified atom stereocenters. The molecule has 0 amide bonds. The molecular weight excluding hydrogens is 255 g/mol. The van der Waals surface area contributed by atoms with Gasteiger partial charge in [-0.2, -0.15) is 4.98 Å². The monoisotopic (exact) mass is 260 g/mol. The minimum absolute atomic E-state index is 0.133. The highest BCUT2D eigenvalue weighted by Crippen LogP contribution is 2.39. The van der Waals surface area contributed by atoms with Crippen molar-refractivity contribution in [1.29, 1.82) is 0 Å². The van der Waals surface area contributed by atoms with Gasteiger partial charge in [0, 0.05) is 17.3 Å². The second kappa shape index (κ2) is 3.84. The van der Waals surface area contributed by atoms with Crippen LogP contribution in [0.4, 0.5) is 11.8 Å². The summed E-state index contributed by atoms with van der Waals surface area (Å²) >= 11 is 13.1. The van der Waals surface area contributed by atoms with E-state index in [0.717, 1.165) is 5.56 Å². The molecule has 78 valence electrons. The number of aromatic nitrogens is 2. The molecule has 2 aromatic heterocycles. The van der Waals surface area contributed by atoms with Crippen molar-refractivity contribution in [2.45, 2.75) is 0 Å². The van der Waals surface area contributed by atoms with E-state index in [1.807, 2.05) is 0 Å². The summed E-state index contributed by atoms with van der Waals surface area (Å²) in [5.74, 6) is 0.424. The van der Waals surface area contributed by atoms with E-state index in [-0.39, 0.29) is 5.95 Å². The van der Waals surface area contributed by atoms with Gasteiger partial charge in [-0.25, -0.2) is 4.98 Å². The third-order valence-electron chi connectivity index (χ3n) is 1.78. The predicted molar refractivity (Wildman–Crippen MR) is 64.2 cm³/mol. The minimum atomic E-state index is 0.133. The van der Waals surface area contributed by atoms with E-state index in [1.165, 1.54) is 17.5 Å². The minimum Gasteiger partial charge on any atom is -0.383 e. The summed E-state index contributed by atoms with van der Waals surface area (Å²) < 4.78 is 1.14. The second-order valence-corrected chi connectivity index (χ2v) is 5.05. The maximum atomic E-state index is 5.98. The van der Waals surface area contributed by atoms with Crippen molar-refractivity contribution in [2.24, 2.45) is 0 Å². The highest BCUT2D eigenvalue weighted by atomic mass is 35.5. The molecular formula is C8H6Cl2N4S. The quantitative estimate of drug-likeness (QED) is 0.827. The van der Waals surface area contributed by atoms with Crippen LogP contribution in [0.15, 0.2) is 12.3 Å². The zero-order valence-corrected chi connectivity index (χ0v) is 9.70. The van der Waals surface area contributed by atoms with Crippen LogP contribution in [0.3, 0.4) is 0 Å². The fourth-order valence-corrected chi connectivity index (χ4v) is 2.63. The number of nitrogens with zero attached hydrogens (tertiary/aromatic N) is 2. The third-order valence-corrected chi connectivity index (χ3v) is 3.27. The Hall–Kier alpha value is -1.04. The van der Waals surface area contributed by atoms with Gasteiger partial charge in [0.2, 0.25) is 5.95 Å². The van der Waals surface area contributed by atoms with Gasteiger partial charge < -0.3 is 11.5 Å². The molecule has 0 saturated carbocycles. The van der Waals surface area contributed by atoms with Crippen molar-refractivity contribution in [2.75, 3.05) is 11.5 Å². The normalized spacial score (nSPS) is 10.5. The van der Waals surface area contributed by atoms with Gasteiger partial charge in [-0.15, -0.1) is 11.3 Å². The van der Waals surface area contributed by atoms with Crippen LogP contribution in [-0.4, -0.2) is 9.97 Å². The van der Waals surface area contributed by atoms with Gasteiger partial charge in [-0.1, -0.05) is 23.2 Å². The van der Waals surface area contributed by atoms with Crippen LogP contribution < -0.4 is 11.5 Å². The lowest BCUT2D eigenvalue weighted by atomic mass is 10.2. The van der Waals surface area contributed by atoms with E-state index in [4.69, 9.17) is 34.7 Å². The summed E-state index contributed by atoms with van der Waals surface area (Å²) in [7, 11) is 0. The number of anilines is 2. The smallest absolute Gasteiger partial charge is 0.221 e. The predicted octanol–water partition coefficient (Wildman–Crippen LogP) is 2.68. The van der Waals surface area contributed by atoms with Crippen molar-refractivity contribution in [1.82, 2.24) is 9.97 Å². The highest BCUT2D eigenvalue weighted by Gasteiger charge is 2.12. The Morgan fingerprint density at radius 3 is 2.47 bits per heavy atom. The first kappa shape index (κ1) is 10.5. The molecule has 0 aliphatic carbocycles. The molecule has 2 aromatic rings. The molecule has 0 aliphatic rings. The molecule has 0 radical (unpaired) electrons. The second-order valence-electron chi connectivity index (χ2n) is 2.77. The van der Waals surface area contributed by atoms with Crippen molar-refractivity contribution in [3.05, 3.63) is 20.9 Å². The number of hydrogen-bond acceptors (Lipinski definition) is 5. The molecule has 2 heterocycles. The van der Waals surface area contributed by atoms with E-state index in [0.29, 0.717) is 20.1 Å². The van der Waals surface area contributed by atoms with E-state index < -0.39 is 0 Å². The molecule has 0 bridgehead atoms. The van der Waals surface area contributed by atoms with Gasteiger partial charge in [0.05, 0.1) is 4.34 Å². The number of rotatable bonds is 1. The average molecular weight is 261 g/mol. The largest absolute Gasteiger partial charge is 0.383 e. The number of halogens is 2. The van der Waals surface area contributed by atoms with Crippen LogP contribution in [-0.2, 0) is 0 Å². The first-order valence-corrected chi connectivity index (χ1v) is 5.48. The Morgan fingerprint density at radius 2 is 1.93 bits per heavy atom. The maximum absolute atomic E-state index is 5.98. The van der Waals surface area contributed by atoms with Crippen molar-refractivity contribution < 1.29 is 0 Å². The van der Waals surface area contributed by atoms with Crippen molar-refractivity contribution in [3.63, 3.8) is 0 Å². The fourth-order valence-electron chi connectivity index (χ4n) is 1.14. The zero-order chi connectivity index (χ0) is 11.0. The van der Waals surface area contributed by atoms with Gasteiger partial charge in [-0.05, 0) is 6.07 Å². The lowest BCUT2D eigenvalue weighted by Gasteiger charge is -2.02. The summed E-state index contributed by atoms with van der Waals surface area (Å²) in [6, 6.07) is 1.72. The van der Waals surface area contributed by atoms with Gasteiger partial charge in [0.15, 0.2) is 0 Å². The summed E-state index contributed by atoms with van der Waals surface area (Å²) in [5, 5.41) is 0. The van der Waals surface area contributed by atoms with Gasteiger partial charge in [-0.3, -0.25) is 0 Å². The molecule has 7 heteroatoms. The maximum Gasteiger partial charge on any atom is 0.221 e. The van der Waals surface area contributed by atoms with Gasteiger partial charge >= 0.3 is 0 Å². The van der Waals surface area contributed by atoms with Crippen molar-refractivity contribution in [3.8, 4) is 11.1 Å². The number of nitrogen functional groups attached to an aromatic ring is 2. The average Bonchev–Trinajstić information content (AvgIpc) is 2.45. The Morgan fingerprint density at radius 1 is 1.20 bits per heavy atom. The van der Waals surface area contributed by atoms with E-state index in [1.54, 1.807) is 6.07 Å². The zero-order valence-electron chi connectivity index (χ0n) is 7.37. The molecule has 0 fully saturated rings. The van der Waals surface area contributed by atoms with Crippen LogP contribution in [0.25, 0.3) is 11.1 Å². The standard InChI is InChI=1S/C8H6Cl2N4S/c9-5-1-3(6(10)15-5)4-2-13-8(12)14-7(4)11/h1-2H,(H4,11,12,13,14). The summed E-state index contributed by atoms with van der Waals surface area (Å²) in [6.07, 6.45) is 1.53. The van der Waals surface area contributed by atoms with E-state index in [9.17, 15) is 0 Å². The number of hydrogen-bond donors (Lipinski definition) is 2. The summed E-state index contributed by atoms with van der Waals surface area (Å²) in [5.41, 5.74) is 12.5. The molecule has 0 atom stereocenters. The van der Waals surface area contributed by atoms with Crippen LogP contribution in [0.2, 0.25) is 8.67 Å². The SMILES string of the molecule is Nc1ncc(-c2cc(Cl)sc2Cl)c(N)n1. The first-order chi connectivity index (χ1) is 7.08. The Kier molecular flexibility index (Phi) is 2.68. The highest BCUT2D eigenvalue weighted by molar-refractivity contribution is 7.20. The third kappa shape index (κ3) is 1.99. The summed E-state index contributed by atoms with van der Waals surface area (Å²) in [6.45, 7) is 0. The molecule has 15 heavy (non-hydrogen) atoms. The van der Waals surface area contributed by atoms with Crippen molar-refractivity contribution >= 4 is 46.3 Å². The van der Waals surface area contributed by atoms with Gasteiger partial charge in [0.25, 0.3) is 0 Å². The molecule has 0 saturated heterocycles. The molecule has 0 spiro atoms. The van der Waals surface area contributed by atoms with E-state index >= 15 is 0 Å². The fraction of sp³-hybridized carbons (Fsp3) is 0. The Bertz CT molecular complexity index is 511. The number of nitrogens with two attached hydrogens (primary N) is 2. The van der Waals surface area contributed by atoms with Crippen LogP contribution in [0.5, 0.6) is 0 Å². The van der Waals surface area contributed by atoms with Gasteiger partial charge in [0.1, 0.15) is 10.2 Å². The van der Waals surface area contributed by atoms with Crippen LogP contribution in [0, 0.1) is 0 Å². The molecule has 4 nitrogen and oxygen atoms in total. The van der Waals surface area contributed by atoms with Crippen LogP contribution >= 0.6 is 34.5 Å².